The van der Waals surface area contributed by atoms with E-state index in [2.05, 4.69) is 15.5 Å². The van der Waals surface area contributed by atoms with Gasteiger partial charge in [-0.25, -0.2) is 4.79 Å². The summed E-state index contributed by atoms with van der Waals surface area (Å²) in [4.78, 5) is 25.1. The van der Waals surface area contributed by atoms with Crippen LogP contribution in [0.3, 0.4) is 0 Å². The van der Waals surface area contributed by atoms with Gasteiger partial charge in [-0.05, 0) is 37.5 Å². The Morgan fingerprint density at radius 2 is 2.06 bits per heavy atom. The van der Waals surface area contributed by atoms with Crippen LogP contribution in [0.1, 0.15) is 35.5 Å². The van der Waals surface area contributed by atoms with Crippen molar-refractivity contribution in [2.45, 2.75) is 43.6 Å². The van der Waals surface area contributed by atoms with E-state index in [1.807, 2.05) is 0 Å². The topological polar surface area (TPSA) is 127 Å². The Morgan fingerprint density at radius 1 is 1.30 bits per heavy atom. The SMILES string of the molecule is COC[C@@H]1C[C@@H](NC(=O)c2nnc(-c3cc(C(F)(F)F)ccc3OC3CC3)o2)CN1C(=O)O. The number of aromatic nitrogens is 2. The van der Waals surface area contributed by atoms with E-state index >= 15 is 0 Å². The highest BCUT2D eigenvalue weighted by Crippen LogP contribution is 2.39. The summed E-state index contributed by atoms with van der Waals surface area (Å²) in [6.07, 6.45) is -3.93. The number of likely N-dealkylation sites (tertiary alicyclic amines) is 1. The van der Waals surface area contributed by atoms with Gasteiger partial charge >= 0.3 is 24.1 Å². The van der Waals surface area contributed by atoms with Crippen LogP contribution in [0.5, 0.6) is 5.75 Å². The fraction of sp³-hybridized carbons (Fsp3) is 0.500. The zero-order valence-electron chi connectivity index (χ0n) is 17.5. The monoisotopic (exact) mass is 470 g/mol. The first kappa shape index (κ1) is 22.8. The fourth-order valence-corrected chi connectivity index (χ4v) is 3.62. The van der Waals surface area contributed by atoms with Crippen LogP contribution in [-0.4, -0.2) is 70.7 Å². The van der Waals surface area contributed by atoms with E-state index in [0.717, 1.165) is 29.9 Å². The standard InChI is InChI=1S/C20H21F3N4O6/c1-31-9-12-7-11(8-27(12)19(29)30)24-16(28)18-26-25-17(33-18)14-6-10(20(21,22)23)2-5-15(14)32-13-3-4-13/h2,5-6,11-13H,3-4,7-9H2,1H3,(H,24,28)(H,29,30)/t11-,12+/m1/s1. The van der Waals surface area contributed by atoms with Gasteiger partial charge in [-0.15, -0.1) is 10.2 Å². The molecular weight excluding hydrogens is 449 g/mol. The molecular formula is C20H21F3N4O6. The maximum Gasteiger partial charge on any atom is 0.416 e. The molecule has 2 aliphatic rings. The second kappa shape index (κ2) is 8.89. The van der Waals surface area contributed by atoms with Crippen molar-refractivity contribution in [1.29, 1.82) is 0 Å². The second-order valence-corrected chi connectivity index (χ2v) is 7.89. The van der Waals surface area contributed by atoms with Gasteiger partial charge in [0.1, 0.15) is 5.75 Å². The van der Waals surface area contributed by atoms with Gasteiger partial charge in [0.2, 0.25) is 0 Å². The third kappa shape index (κ3) is 5.18. The number of halogens is 3. The number of hydrogen-bond donors (Lipinski definition) is 2. The largest absolute Gasteiger partial charge is 0.490 e. The van der Waals surface area contributed by atoms with E-state index < -0.39 is 41.7 Å². The van der Waals surface area contributed by atoms with E-state index in [0.29, 0.717) is 6.42 Å². The molecule has 4 rings (SSSR count). The minimum Gasteiger partial charge on any atom is -0.490 e. The van der Waals surface area contributed by atoms with Crippen LogP contribution in [0, 0.1) is 0 Å². The summed E-state index contributed by atoms with van der Waals surface area (Å²) in [5.41, 5.74) is -0.991. The predicted octanol–water partition coefficient (Wildman–Crippen LogP) is 2.79. The van der Waals surface area contributed by atoms with Crippen LogP contribution < -0.4 is 10.1 Å². The Morgan fingerprint density at radius 3 is 2.70 bits per heavy atom. The lowest BCUT2D eigenvalue weighted by molar-refractivity contribution is -0.137. The minimum absolute atomic E-state index is 0.0447. The Bertz CT molecular complexity index is 1040. The third-order valence-corrected chi connectivity index (χ3v) is 5.33. The van der Waals surface area contributed by atoms with Crippen LogP contribution in [-0.2, 0) is 10.9 Å². The van der Waals surface area contributed by atoms with Crippen molar-refractivity contribution in [2.75, 3.05) is 20.3 Å². The average molecular weight is 470 g/mol. The molecule has 1 saturated heterocycles. The van der Waals surface area contributed by atoms with Gasteiger partial charge in [-0.1, -0.05) is 0 Å². The summed E-state index contributed by atoms with van der Waals surface area (Å²) < 4.78 is 55.6. The fourth-order valence-electron chi connectivity index (χ4n) is 3.62. The van der Waals surface area contributed by atoms with Crippen molar-refractivity contribution in [2.24, 2.45) is 0 Å². The number of nitrogens with one attached hydrogen (secondary N) is 1. The molecule has 1 aliphatic heterocycles. The lowest BCUT2D eigenvalue weighted by atomic mass is 10.1. The van der Waals surface area contributed by atoms with Crippen molar-refractivity contribution < 1.29 is 41.8 Å². The van der Waals surface area contributed by atoms with E-state index in [1.165, 1.54) is 13.2 Å². The van der Waals surface area contributed by atoms with Crippen molar-refractivity contribution in [3.8, 4) is 17.2 Å². The van der Waals surface area contributed by atoms with Gasteiger partial charge in [0, 0.05) is 19.7 Å². The van der Waals surface area contributed by atoms with Crippen molar-refractivity contribution in [3.05, 3.63) is 29.7 Å². The van der Waals surface area contributed by atoms with Crippen LogP contribution in [0.15, 0.2) is 22.6 Å². The maximum absolute atomic E-state index is 13.2. The third-order valence-electron chi connectivity index (χ3n) is 5.33. The predicted molar refractivity (Wildman–Crippen MR) is 105 cm³/mol. The molecule has 2 heterocycles. The molecule has 1 saturated carbocycles. The highest BCUT2D eigenvalue weighted by Gasteiger charge is 2.37. The van der Waals surface area contributed by atoms with Crippen LogP contribution in [0.25, 0.3) is 11.5 Å². The van der Waals surface area contributed by atoms with E-state index in [1.54, 1.807) is 0 Å². The van der Waals surface area contributed by atoms with Gasteiger partial charge in [-0.2, -0.15) is 13.2 Å². The van der Waals surface area contributed by atoms with Crippen LogP contribution >= 0.6 is 0 Å². The summed E-state index contributed by atoms with van der Waals surface area (Å²) in [6, 6.07) is 1.98. The van der Waals surface area contributed by atoms with Crippen molar-refractivity contribution in [3.63, 3.8) is 0 Å². The molecule has 33 heavy (non-hydrogen) atoms. The Balaban J connectivity index is 1.52. The molecule has 0 unspecified atom stereocenters. The van der Waals surface area contributed by atoms with Gasteiger partial charge in [-0.3, -0.25) is 4.79 Å². The summed E-state index contributed by atoms with van der Waals surface area (Å²) >= 11 is 0. The van der Waals surface area contributed by atoms with E-state index in [4.69, 9.17) is 13.9 Å². The van der Waals surface area contributed by atoms with Crippen LogP contribution in [0.4, 0.5) is 18.0 Å². The summed E-state index contributed by atoms with van der Waals surface area (Å²) in [5, 5.41) is 19.3. The number of alkyl halides is 3. The Hall–Kier alpha value is -3.35. The first-order chi connectivity index (χ1) is 15.7. The van der Waals surface area contributed by atoms with Gasteiger partial charge in [0.25, 0.3) is 5.89 Å². The quantitative estimate of drug-likeness (QED) is 0.633. The number of rotatable bonds is 7. The van der Waals surface area contributed by atoms with E-state index in [9.17, 15) is 27.9 Å². The number of carbonyl (C=O) groups excluding carboxylic acids is 1. The molecule has 0 spiro atoms. The molecule has 2 amide bonds. The molecule has 2 N–H and O–H groups in total. The maximum atomic E-state index is 13.2. The molecule has 10 nitrogen and oxygen atoms in total. The number of ether oxygens (including phenoxy) is 2. The number of amides is 2. The van der Waals surface area contributed by atoms with Crippen LogP contribution in [0.2, 0.25) is 0 Å². The van der Waals surface area contributed by atoms with Gasteiger partial charge in [0.15, 0.2) is 0 Å². The minimum atomic E-state index is -4.59. The van der Waals surface area contributed by atoms with Crippen molar-refractivity contribution in [1.82, 2.24) is 20.4 Å². The zero-order valence-corrected chi connectivity index (χ0v) is 17.5. The Kier molecular flexibility index (Phi) is 6.15. The van der Waals surface area contributed by atoms with Gasteiger partial charge in [0.05, 0.1) is 29.9 Å². The number of carbonyl (C=O) groups is 2. The van der Waals surface area contributed by atoms with Crippen molar-refractivity contribution >= 4 is 12.0 Å². The molecule has 13 heteroatoms. The molecule has 1 aliphatic carbocycles. The lowest BCUT2D eigenvalue weighted by Crippen LogP contribution is -2.39. The summed E-state index contributed by atoms with van der Waals surface area (Å²) in [6.45, 7) is 0.214. The molecule has 2 aromatic rings. The second-order valence-electron chi connectivity index (χ2n) is 7.89. The molecule has 0 bridgehead atoms. The Labute approximate surface area is 185 Å². The van der Waals surface area contributed by atoms with Gasteiger partial charge < -0.3 is 29.2 Å². The first-order valence-electron chi connectivity index (χ1n) is 10.2. The zero-order chi connectivity index (χ0) is 23.8. The number of benzene rings is 1. The highest BCUT2D eigenvalue weighted by molar-refractivity contribution is 5.90. The smallest absolute Gasteiger partial charge is 0.416 e. The average Bonchev–Trinajstić information content (AvgIpc) is 3.26. The molecule has 2 atom stereocenters. The molecule has 0 radical (unpaired) electrons. The molecule has 1 aromatic carbocycles. The number of methoxy groups -OCH3 is 1. The highest BCUT2D eigenvalue weighted by atomic mass is 19.4. The number of hydrogen-bond acceptors (Lipinski definition) is 7. The number of nitrogens with zero attached hydrogens (tertiary/aromatic N) is 3. The molecule has 2 fully saturated rings. The number of carboxylic acid groups (broad SMARTS) is 1. The summed E-state index contributed by atoms with van der Waals surface area (Å²) in [5.74, 6) is -1.37. The summed E-state index contributed by atoms with van der Waals surface area (Å²) in [7, 11) is 1.45. The first-order valence-corrected chi connectivity index (χ1v) is 10.2. The normalized spacial score (nSPS) is 20.7. The van der Waals surface area contributed by atoms with E-state index in [-0.39, 0.29) is 36.5 Å². The molecule has 178 valence electrons. The molecule has 1 aromatic heterocycles. The lowest BCUT2D eigenvalue weighted by Gasteiger charge is -2.19.